The largest absolute Gasteiger partial charge is 0.344 e. The number of aryl methyl sites for hydroxylation is 3. The highest BCUT2D eigenvalue weighted by molar-refractivity contribution is 6.39. The second-order valence-electron chi connectivity index (χ2n) is 5.36. The van der Waals surface area contributed by atoms with Gasteiger partial charge < -0.3 is 10.6 Å². The summed E-state index contributed by atoms with van der Waals surface area (Å²) in [4.78, 5) is 23.8. The lowest BCUT2D eigenvalue weighted by Crippen LogP contribution is -2.35. The quantitative estimate of drug-likeness (QED) is 0.856. The first-order valence-corrected chi connectivity index (χ1v) is 7.18. The van der Waals surface area contributed by atoms with E-state index in [-0.39, 0.29) is 0 Å². The van der Waals surface area contributed by atoms with Crippen LogP contribution in [0.1, 0.15) is 22.3 Å². The van der Waals surface area contributed by atoms with Crippen molar-refractivity contribution in [2.24, 2.45) is 0 Å². The van der Waals surface area contributed by atoms with Gasteiger partial charge in [0.2, 0.25) is 0 Å². The maximum atomic E-state index is 11.9. The monoisotopic (exact) mass is 296 g/mol. The molecule has 4 nitrogen and oxygen atoms in total. The van der Waals surface area contributed by atoms with Gasteiger partial charge in [-0.15, -0.1) is 0 Å². The molecule has 114 valence electrons. The second-order valence-corrected chi connectivity index (χ2v) is 5.36. The van der Waals surface area contributed by atoms with Gasteiger partial charge in [-0.3, -0.25) is 9.59 Å². The third-order valence-corrected chi connectivity index (χ3v) is 3.67. The Morgan fingerprint density at radius 2 is 1.59 bits per heavy atom. The van der Waals surface area contributed by atoms with Crippen molar-refractivity contribution in [1.82, 2.24) is 5.32 Å². The van der Waals surface area contributed by atoms with E-state index in [0.29, 0.717) is 12.2 Å². The predicted octanol–water partition coefficient (Wildman–Crippen LogP) is 2.87. The van der Waals surface area contributed by atoms with Crippen LogP contribution in [0.15, 0.2) is 42.5 Å². The Morgan fingerprint density at radius 1 is 0.864 bits per heavy atom. The topological polar surface area (TPSA) is 58.2 Å². The molecule has 2 aromatic rings. The number of carbonyl (C=O) groups excluding carboxylic acids is 2. The van der Waals surface area contributed by atoms with Crippen LogP contribution >= 0.6 is 0 Å². The smallest absolute Gasteiger partial charge is 0.313 e. The molecule has 0 bridgehead atoms. The third kappa shape index (κ3) is 3.95. The lowest BCUT2D eigenvalue weighted by atomic mass is 10.1. The Hall–Kier alpha value is -2.62. The van der Waals surface area contributed by atoms with Gasteiger partial charge in [-0.1, -0.05) is 30.3 Å². The maximum Gasteiger partial charge on any atom is 0.313 e. The zero-order chi connectivity index (χ0) is 16.1. The van der Waals surface area contributed by atoms with Gasteiger partial charge in [0.05, 0.1) is 0 Å². The molecule has 4 heteroatoms. The van der Waals surface area contributed by atoms with E-state index in [9.17, 15) is 9.59 Å². The van der Waals surface area contributed by atoms with Gasteiger partial charge in [-0.05, 0) is 55.2 Å². The van der Waals surface area contributed by atoms with Crippen molar-refractivity contribution >= 4 is 17.5 Å². The number of rotatable bonds is 3. The highest BCUT2D eigenvalue weighted by Crippen LogP contribution is 2.14. The van der Waals surface area contributed by atoms with E-state index in [1.807, 2.05) is 57.2 Å². The Bertz CT molecular complexity index is 708. The molecular weight excluding hydrogens is 276 g/mol. The Balaban J connectivity index is 1.93. The molecule has 0 saturated carbocycles. The predicted molar refractivity (Wildman–Crippen MR) is 87.6 cm³/mol. The molecule has 0 aliphatic heterocycles. The molecule has 2 N–H and O–H groups in total. The van der Waals surface area contributed by atoms with Crippen molar-refractivity contribution in [1.29, 1.82) is 0 Å². The Morgan fingerprint density at radius 3 is 2.27 bits per heavy atom. The average Bonchev–Trinajstić information content (AvgIpc) is 2.50. The molecule has 0 saturated heterocycles. The zero-order valence-electron chi connectivity index (χ0n) is 13.1. The molecule has 0 spiro atoms. The van der Waals surface area contributed by atoms with E-state index in [2.05, 4.69) is 10.6 Å². The second kappa shape index (κ2) is 6.89. The first-order chi connectivity index (χ1) is 10.5. The van der Waals surface area contributed by atoms with E-state index in [0.717, 1.165) is 22.3 Å². The van der Waals surface area contributed by atoms with Gasteiger partial charge in [-0.25, -0.2) is 0 Å². The fourth-order valence-electron chi connectivity index (χ4n) is 2.07. The van der Waals surface area contributed by atoms with Gasteiger partial charge in [-0.2, -0.15) is 0 Å². The third-order valence-electron chi connectivity index (χ3n) is 3.67. The van der Waals surface area contributed by atoms with E-state index in [4.69, 9.17) is 0 Å². The zero-order valence-corrected chi connectivity index (χ0v) is 13.1. The number of amides is 2. The Kier molecular flexibility index (Phi) is 4.94. The minimum Gasteiger partial charge on any atom is -0.344 e. The number of anilines is 1. The van der Waals surface area contributed by atoms with Crippen LogP contribution in [0.25, 0.3) is 0 Å². The summed E-state index contributed by atoms with van der Waals surface area (Å²) in [5.74, 6) is -1.29. The lowest BCUT2D eigenvalue weighted by Gasteiger charge is -2.09. The maximum absolute atomic E-state index is 11.9. The van der Waals surface area contributed by atoms with E-state index >= 15 is 0 Å². The molecule has 0 radical (unpaired) electrons. The van der Waals surface area contributed by atoms with Crippen molar-refractivity contribution in [3.05, 3.63) is 64.7 Å². The van der Waals surface area contributed by atoms with Crippen LogP contribution in [0.3, 0.4) is 0 Å². The molecule has 22 heavy (non-hydrogen) atoms. The van der Waals surface area contributed by atoms with Crippen LogP contribution in [0.2, 0.25) is 0 Å². The molecule has 0 atom stereocenters. The van der Waals surface area contributed by atoms with E-state index in [1.54, 1.807) is 6.07 Å². The number of hydrogen-bond acceptors (Lipinski definition) is 2. The molecule has 2 rings (SSSR count). The first kappa shape index (κ1) is 15.8. The van der Waals surface area contributed by atoms with E-state index in [1.165, 1.54) is 0 Å². The van der Waals surface area contributed by atoms with Gasteiger partial charge in [0.1, 0.15) is 0 Å². The van der Waals surface area contributed by atoms with Crippen LogP contribution in [0.4, 0.5) is 5.69 Å². The molecule has 0 aliphatic rings. The van der Waals surface area contributed by atoms with Crippen LogP contribution in [0, 0.1) is 20.8 Å². The van der Waals surface area contributed by atoms with Crippen molar-refractivity contribution in [2.75, 3.05) is 5.32 Å². The highest BCUT2D eigenvalue weighted by Gasteiger charge is 2.13. The van der Waals surface area contributed by atoms with Crippen molar-refractivity contribution in [3.8, 4) is 0 Å². The average molecular weight is 296 g/mol. The summed E-state index contributed by atoms with van der Waals surface area (Å²) in [7, 11) is 0. The molecular formula is C18H20N2O2. The lowest BCUT2D eigenvalue weighted by molar-refractivity contribution is -0.136. The van der Waals surface area contributed by atoms with E-state index < -0.39 is 11.8 Å². The van der Waals surface area contributed by atoms with Crippen LogP contribution < -0.4 is 10.6 Å². The molecule has 2 aromatic carbocycles. The van der Waals surface area contributed by atoms with Crippen LogP contribution in [-0.2, 0) is 16.1 Å². The molecule has 0 aliphatic carbocycles. The number of nitrogens with one attached hydrogen (secondary N) is 2. The van der Waals surface area contributed by atoms with Gasteiger partial charge >= 0.3 is 11.8 Å². The summed E-state index contributed by atoms with van der Waals surface area (Å²) in [5.41, 5.74) is 4.91. The fraction of sp³-hybridized carbons (Fsp3) is 0.222. The SMILES string of the molecule is Cc1ccc(NC(=O)C(=O)NCc2ccccc2C)cc1C. The number of carbonyl (C=O) groups is 2. The molecule has 0 fully saturated rings. The molecule has 0 aromatic heterocycles. The van der Waals surface area contributed by atoms with Crippen molar-refractivity contribution in [2.45, 2.75) is 27.3 Å². The van der Waals surface area contributed by atoms with Crippen molar-refractivity contribution < 1.29 is 9.59 Å². The van der Waals surface area contributed by atoms with Crippen molar-refractivity contribution in [3.63, 3.8) is 0 Å². The number of hydrogen-bond donors (Lipinski definition) is 2. The van der Waals surface area contributed by atoms with Gasteiger partial charge in [0, 0.05) is 12.2 Å². The standard InChI is InChI=1S/C18H20N2O2/c1-12-8-9-16(10-14(12)3)20-18(22)17(21)19-11-15-7-5-4-6-13(15)2/h4-10H,11H2,1-3H3,(H,19,21)(H,20,22). The van der Waals surface area contributed by atoms with Gasteiger partial charge in [0.25, 0.3) is 0 Å². The summed E-state index contributed by atoms with van der Waals surface area (Å²) in [6, 6.07) is 13.3. The summed E-state index contributed by atoms with van der Waals surface area (Å²) in [6.45, 7) is 6.27. The molecule has 0 heterocycles. The minimum absolute atomic E-state index is 0.339. The first-order valence-electron chi connectivity index (χ1n) is 7.18. The minimum atomic E-state index is -0.656. The fourth-order valence-corrected chi connectivity index (χ4v) is 2.07. The molecule has 2 amide bonds. The number of benzene rings is 2. The summed E-state index contributed by atoms with van der Waals surface area (Å²) < 4.78 is 0. The highest BCUT2D eigenvalue weighted by atomic mass is 16.2. The van der Waals surface area contributed by atoms with Gasteiger partial charge in [0.15, 0.2) is 0 Å². The summed E-state index contributed by atoms with van der Waals surface area (Å²) in [6.07, 6.45) is 0. The summed E-state index contributed by atoms with van der Waals surface area (Å²) >= 11 is 0. The van der Waals surface area contributed by atoms with Crippen LogP contribution in [0.5, 0.6) is 0 Å². The summed E-state index contributed by atoms with van der Waals surface area (Å²) in [5, 5.41) is 5.24. The Labute approximate surface area is 130 Å². The normalized spacial score (nSPS) is 10.1. The molecule has 0 unspecified atom stereocenters. The van der Waals surface area contributed by atoms with Crippen LogP contribution in [-0.4, -0.2) is 11.8 Å².